The SMILES string of the molecule is C=C(/C=C\c1c(CF)nc(OCC23CC2(N(C)C)C3)nc1N1CC2CCC(C1)N2)c1cccc2ccccc12. The van der Waals surface area contributed by atoms with E-state index in [9.17, 15) is 4.39 Å². The molecule has 6 nitrogen and oxygen atoms in total. The van der Waals surface area contributed by atoms with E-state index in [0.717, 1.165) is 61.1 Å². The van der Waals surface area contributed by atoms with Gasteiger partial charge < -0.3 is 19.9 Å². The Morgan fingerprint density at radius 2 is 1.87 bits per heavy atom. The van der Waals surface area contributed by atoms with Gasteiger partial charge in [-0.2, -0.15) is 9.97 Å². The molecule has 3 aromatic rings. The molecule has 2 aromatic carbocycles. The summed E-state index contributed by atoms with van der Waals surface area (Å²) in [7, 11) is 4.27. The molecule has 2 aliphatic heterocycles. The third kappa shape index (κ3) is 4.14. The fourth-order valence-corrected chi connectivity index (χ4v) is 7.02. The van der Waals surface area contributed by atoms with Gasteiger partial charge in [-0.3, -0.25) is 0 Å². The van der Waals surface area contributed by atoms with Crippen LogP contribution >= 0.6 is 0 Å². The molecule has 3 heterocycles. The van der Waals surface area contributed by atoms with Gasteiger partial charge in [-0.15, -0.1) is 0 Å². The predicted molar refractivity (Wildman–Crippen MR) is 155 cm³/mol. The van der Waals surface area contributed by atoms with E-state index >= 15 is 0 Å². The summed E-state index contributed by atoms with van der Waals surface area (Å²) in [5.41, 5.74) is 3.49. The number of aromatic nitrogens is 2. The number of halogens is 1. The molecule has 7 rings (SSSR count). The van der Waals surface area contributed by atoms with Crippen molar-refractivity contribution in [3.05, 3.63) is 71.9 Å². The normalized spacial score (nSPS) is 28.8. The van der Waals surface area contributed by atoms with Crippen molar-refractivity contribution in [3.8, 4) is 6.01 Å². The van der Waals surface area contributed by atoms with Crippen LogP contribution in [0.15, 0.2) is 55.1 Å². The highest BCUT2D eigenvalue weighted by atomic mass is 19.1. The van der Waals surface area contributed by atoms with Crippen molar-refractivity contribution in [2.45, 2.75) is 50.0 Å². The van der Waals surface area contributed by atoms with Crippen LogP contribution in [0.2, 0.25) is 0 Å². The lowest BCUT2D eigenvalue weighted by molar-refractivity contribution is 0.245. The van der Waals surface area contributed by atoms with Gasteiger partial charge in [0.05, 0.1) is 12.3 Å². The van der Waals surface area contributed by atoms with Gasteiger partial charge in [0.2, 0.25) is 0 Å². The third-order valence-corrected chi connectivity index (χ3v) is 9.55. The third-order valence-electron chi connectivity index (χ3n) is 9.55. The Kier molecular flexibility index (Phi) is 5.79. The summed E-state index contributed by atoms with van der Waals surface area (Å²) in [6.45, 7) is 5.94. The van der Waals surface area contributed by atoms with Gasteiger partial charge in [0, 0.05) is 41.7 Å². The lowest BCUT2D eigenvalue weighted by Gasteiger charge is -2.34. The number of fused-ring (bicyclic) bond motifs is 4. The molecule has 4 fully saturated rings. The number of hydrogen-bond donors (Lipinski definition) is 1. The van der Waals surface area contributed by atoms with Crippen molar-refractivity contribution in [2.24, 2.45) is 5.41 Å². The quantitative estimate of drug-likeness (QED) is 0.386. The monoisotopic (exact) mass is 525 g/mol. The van der Waals surface area contributed by atoms with Gasteiger partial charge in [-0.1, -0.05) is 55.1 Å². The average Bonchev–Trinajstić information content (AvgIpc) is 3.76. The van der Waals surface area contributed by atoms with Crippen LogP contribution in [0.1, 0.15) is 42.5 Å². The standard InChI is InChI=1S/C32H36FN5O/c1-21(25-10-6-8-22-7-4-5-9-26(22)25)11-14-27-28(15-33)35-30(39-20-31-18-32(31,19-31)37(2)3)36-29(27)38-16-23-12-13-24(17-38)34-23/h4-11,14,23-24,34H,1,12-13,15-20H2,2-3H3/b14-11-. The molecule has 39 heavy (non-hydrogen) atoms. The van der Waals surface area contributed by atoms with Gasteiger partial charge >= 0.3 is 6.01 Å². The lowest BCUT2D eigenvalue weighted by atomic mass is 9.98. The number of alkyl halides is 1. The fraction of sp³-hybridized carbons (Fsp3) is 0.438. The molecule has 2 bridgehead atoms. The van der Waals surface area contributed by atoms with E-state index in [4.69, 9.17) is 9.72 Å². The van der Waals surface area contributed by atoms with Gasteiger partial charge in [0.25, 0.3) is 0 Å². The Hall–Kier alpha value is -3.29. The van der Waals surface area contributed by atoms with Gasteiger partial charge in [0.15, 0.2) is 0 Å². The topological polar surface area (TPSA) is 53.5 Å². The Bertz CT molecular complexity index is 1460. The Labute approximate surface area is 229 Å². The summed E-state index contributed by atoms with van der Waals surface area (Å²) in [6, 6.07) is 15.7. The first-order valence-electron chi connectivity index (χ1n) is 14.0. The number of nitrogens with zero attached hydrogens (tertiary/aromatic N) is 4. The van der Waals surface area contributed by atoms with E-state index in [1.54, 1.807) is 0 Å². The van der Waals surface area contributed by atoms with E-state index in [1.807, 2.05) is 30.4 Å². The van der Waals surface area contributed by atoms with E-state index in [-0.39, 0.29) is 17.0 Å². The number of rotatable bonds is 9. The molecule has 7 heteroatoms. The minimum absolute atomic E-state index is 0.207. The molecule has 1 aromatic heterocycles. The molecule has 2 saturated heterocycles. The lowest BCUT2D eigenvalue weighted by Crippen LogP contribution is -2.51. The number of hydrogen-bond acceptors (Lipinski definition) is 6. The van der Waals surface area contributed by atoms with Crippen LogP contribution in [0.4, 0.5) is 10.2 Å². The molecule has 2 atom stereocenters. The zero-order chi connectivity index (χ0) is 26.8. The highest BCUT2D eigenvalue weighted by Crippen LogP contribution is 2.80. The van der Waals surface area contributed by atoms with E-state index in [1.165, 1.54) is 5.39 Å². The first kappa shape index (κ1) is 24.7. The number of anilines is 1. The Morgan fingerprint density at radius 1 is 1.13 bits per heavy atom. The molecule has 0 radical (unpaired) electrons. The van der Waals surface area contributed by atoms with Crippen LogP contribution in [0.25, 0.3) is 22.4 Å². The maximum Gasteiger partial charge on any atom is 0.318 e. The molecule has 2 aliphatic carbocycles. The second kappa shape index (κ2) is 9.14. The van der Waals surface area contributed by atoms with Crippen molar-refractivity contribution in [1.29, 1.82) is 0 Å². The molecule has 0 spiro atoms. The first-order valence-corrected chi connectivity index (χ1v) is 14.0. The summed E-state index contributed by atoms with van der Waals surface area (Å²) >= 11 is 0. The van der Waals surface area contributed by atoms with Crippen LogP contribution in [0.3, 0.4) is 0 Å². The second-order valence-corrected chi connectivity index (χ2v) is 12.1. The summed E-state index contributed by atoms with van der Waals surface area (Å²) in [4.78, 5) is 14.1. The molecule has 0 amide bonds. The van der Waals surface area contributed by atoms with Crippen molar-refractivity contribution in [2.75, 3.05) is 38.7 Å². The largest absolute Gasteiger partial charge is 0.463 e. The smallest absolute Gasteiger partial charge is 0.318 e. The maximum absolute atomic E-state index is 14.6. The van der Waals surface area contributed by atoms with E-state index < -0.39 is 6.67 Å². The van der Waals surface area contributed by atoms with Crippen LogP contribution in [-0.2, 0) is 6.67 Å². The molecule has 2 saturated carbocycles. The number of nitrogens with one attached hydrogen (secondary N) is 1. The summed E-state index contributed by atoms with van der Waals surface area (Å²) in [6.07, 6.45) is 8.52. The average molecular weight is 526 g/mol. The Morgan fingerprint density at radius 3 is 2.59 bits per heavy atom. The highest BCUT2D eigenvalue weighted by Gasteiger charge is 2.84. The fourth-order valence-electron chi connectivity index (χ4n) is 7.02. The number of allylic oxidation sites excluding steroid dienone is 2. The van der Waals surface area contributed by atoms with Gasteiger partial charge in [-0.25, -0.2) is 4.39 Å². The van der Waals surface area contributed by atoms with E-state index in [0.29, 0.717) is 29.9 Å². The minimum Gasteiger partial charge on any atom is -0.463 e. The number of piperazine rings is 1. The van der Waals surface area contributed by atoms with Crippen molar-refractivity contribution in [1.82, 2.24) is 20.2 Å². The molecule has 1 N–H and O–H groups in total. The van der Waals surface area contributed by atoms with Crippen LogP contribution in [0, 0.1) is 5.41 Å². The minimum atomic E-state index is -0.683. The summed E-state index contributed by atoms with van der Waals surface area (Å²) < 4.78 is 20.7. The molecular weight excluding hydrogens is 489 g/mol. The molecule has 2 unspecified atom stereocenters. The van der Waals surface area contributed by atoms with Crippen molar-refractivity contribution in [3.63, 3.8) is 0 Å². The Balaban J connectivity index is 1.21. The number of benzene rings is 2. The predicted octanol–water partition coefficient (Wildman–Crippen LogP) is 5.24. The van der Waals surface area contributed by atoms with Crippen molar-refractivity contribution < 1.29 is 9.13 Å². The summed E-state index contributed by atoms with van der Waals surface area (Å²) in [5.74, 6) is 0.760. The molecule has 4 aliphatic rings. The van der Waals surface area contributed by atoms with Crippen molar-refractivity contribution >= 4 is 28.2 Å². The van der Waals surface area contributed by atoms with Gasteiger partial charge in [0.1, 0.15) is 12.5 Å². The zero-order valence-electron chi connectivity index (χ0n) is 22.8. The zero-order valence-corrected chi connectivity index (χ0v) is 22.8. The second-order valence-electron chi connectivity index (χ2n) is 12.1. The summed E-state index contributed by atoms with van der Waals surface area (Å²) in [5, 5.41) is 6.00. The first-order chi connectivity index (χ1) is 18.9. The van der Waals surface area contributed by atoms with E-state index in [2.05, 4.69) is 65.0 Å². The molecular formula is C32H36FN5O. The maximum atomic E-state index is 14.6. The van der Waals surface area contributed by atoms with Crippen LogP contribution in [-0.4, -0.2) is 66.3 Å². The molecule has 202 valence electrons. The van der Waals surface area contributed by atoms with Crippen LogP contribution < -0.4 is 15.0 Å². The number of ether oxygens (including phenoxy) is 1. The van der Waals surface area contributed by atoms with Crippen LogP contribution in [0.5, 0.6) is 6.01 Å². The van der Waals surface area contributed by atoms with Gasteiger partial charge in [-0.05, 0) is 67.8 Å². The highest BCUT2D eigenvalue weighted by molar-refractivity contribution is 5.96.